The third kappa shape index (κ3) is 3.97. The zero-order valence-electron chi connectivity index (χ0n) is 14.3. The molecule has 0 bridgehead atoms. The Kier molecular flexibility index (Phi) is 5.63. The summed E-state index contributed by atoms with van der Waals surface area (Å²) in [7, 11) is 1.58. The van der Waals surface area contributed by atoms with E-state index in [0.717, 1.165) is 10.2 Å². The lowest BCUT2D eigenvalue weighted by atomic mass is 10.2. The van der Waals surface area contributed by atoms with E-state index >= 15 is 0 Å². The van der Waals surface area contributed by atoms with Crippen molar-refractivity contribution in [3.8, 4) is 5.75 Å². The van der Waals surface area contributed by atoms with Gasteiger partial charge in [0.25, 0.3) is 5.91 Å². The number of ether oxygens (including phenoxy) is 2. The molecule has 1 heterocycles. The second-order valence-corrected chi connectivity index (χ2v) is 6.36. The van der Waals surface area contributed by atoms with Crippen molar-refractivity contribution >= 4 is 27.5 Å². The highest BCUT2D eigenvalue weighted by Crippen LogP contribution is 2.17. The van der Waals surface area contributed by atoms with Gasteiger partial charge in [0.05, 0.1) is 23.9 Å². The molecule has 0 spiro atoms. The van der Waals surface area contributed by atoms with Gasteiger partial charge in [-0.05, 0) is 37.3 Å². The minimum Gasteiger partial charge on any atom is -0.497 e. The van der Waals surface area contributed by atoms with E-state index in [4.69, 9.17) is 9.47 Å². The number of aromatic nitrogens is 1. The van der Waals surface area contributed by atoms with Crippen LogP contribution in [-0.4, -0.2) is 30.8 Å². The van der Waals surface area contributed by atoms with Gasteiger partial charge in [-0.1, -0.05) is 29.5 Å². The Bertz CT molecular complexity index is 943. The zero-order chi connectivity index (χ0) is 17.6. The summed E-state index contributed by atoms with van der Waals surface area (Å²) in [5.74, 6) is 0.359. The van der Waals surface area contributed by atoms with Crippen LogP contribution >= 0.6 is 11.3 Å². The number of hydrogen-bond donors (Lipinski definition) is 0. The molecule has 0 saturated carbocycles. The number of carbonyl (C=O) groups is 1. The molecule has 0 radical (unpaired) electrons. The van der Waals surface area contributed by atoms with Gasteiger partial charge in [0, 0.05) is 18.7 Å². The van der Waals surface area contributed by atoms with E-state index in [1.54, 1.807) is 31.4 Å². The van der Waals surface area contributed by atoms with Gasteiger partial charge in [-0.2, -0.15) is 4.99 Å². The van der Waals surface area contributed by atoms with Gasteiger partial charge >= 0.3 is 0 Å². The average molecular weight is 356 g/mol. The quantitative estimate of drug-likeness (QED) is 0.635. The molecule has 5 nitrogen and oxygen atoms in total. The summed E-state index contributed by atoms with van der Waals surface area (Å²) in [6.07, 6.45) is 0. The zero-order valence-corrected chi connectivity index (χ0v) is 15.1. The van der Waals surface area contributed by atoms with Crippen molar-refractivity contribution in [2.45, 2.75) is 13.5 Å². The Labute approximate surface area is 150 Å². The van der Waals surface area contributed by atoms with Crippen LogP contribution in [0.2, 0.25) is 0 Å². The Morgan fingerprint density at radius 2 is 2.04 bits per heavy atom. The molecule has 0 aliphatic rings. The van der Waals surface area contributed by atoms with E-state index in [2.05, 4.69) is 4.99 Å². The third-order valence-electron chi connectivity index (χ3n) is 3.77. The van der Waals surface area contributed by atoms with E-state index in [1.807, 2.05) is 35.8 Å². The number of para-hydroxylation sites is 1. The Hall–Kier alpha value is -2.44. The number of hydrogen-bond acceptors (Lipinski definition) is 4. The maximum atomic E-state index is 12.6. The summed E-state index contributed by atoms with van der Waals surface area (Å²) in [5.41, 5.74) is 1.57. The summed E-state index contributed by atoms with van der Waals surface area (Å²) in [6, 6.07) is 15.1. The van der Waals surface area contributed by atoms with Crippen molar-refractivity contribution in [3.05, 3.63) is 58.9 Å². The highest BCUT2D eigenvalue weighted by Gasteiger charge is 2.09. The van der Waals surface area contributed by atoms with Gasteiger partial charge in [0.1, 0.15) is 5.75 Å². The van der Waals surface area contributed by atoms with Crippen molar-refractivity contribution in [2.75, 3.05) is 20.3 Å². The Morgan fingerprint density at radius 3 is 2.84 bits per heavy atom. The summed E-state index contributed by atoms with van der Waals surface area (Å²) in [6.45, 7) is 3.87. The highest BCUT2D eigenvalue weighted by atomic mass is 32.1. The summed E-state index contributed by atoms with van der Waals surface area (Å²) < 4.78 is 13.8. The fourth-order valence-electron chi connectivity index (χ4n) is 2.53. The van der Waals surface area contributed by atoms with Gasteiger partial charge in [0.2, 0.25) is 0 Å². The van der Waals surface area contributed by atoms with Crippen LogP contribution in [0, 0.1) is 0 Å². The average Bonchev–Trinajstić information content (AvgIpc) is 2.99. The molecule has 0 N–H and O–H groups in total. The summed E-state index contributed by atoms with van der Waals surface area (Å²) in [5, 5.41) is 0. The number of benzene rings is 2. The molecule has 130 valence electrons. The van der Waals surface area contributed by atoms with Crippen LogP contribution in [0.3, 0.4) is 0 Å². The first kappa shape index (κ1) is 17.4. The number of amides is 1. The molecule has 0 unspecified atom stereocenters. The molecular weight excluding hydrogens is 336 g/mol. The fraction of sp³-hybridized carbons (Fsp3) is 0.263. The minimum atomic E-state index is -0.282. The minimum absolute atomic E-state index is 0.282. The standard InChI is InChI=1S/C19H20N2O3S/c1-3-24-12-11-21-16-9-4-5-10-17(16)25-19(21)20-18(22)14-7-6-8-15(13-14)23-2/h4-10,13H,3,11-12H2,1-2H3. The van der Waals surface area contributed by atoms with Crippen molar-refractivity contribution in [3.63, 3.8) is 0 Å². The first-order valence-corrected chi connectivity index (χ1v) is 8.94. The molecule has 0 aliphatic heterocycles. The lowest BCUT2D eigenvalue weighted by molar-refractivity contribution is 0.0996. The lowest BCUT2D eigenvalue weighted by Crippen LogP contribution is -2.19. The van der Waals surface area contributed by atoms with Gasteiger partial charge < -0.3 is 14.0 Å². The molecule has 0 aliphatic carbocycles. The molecule has 6 heteroatoms. The Balaban J connectivity index is 2.02. The number of fused-ring (bicyclic) bond motifs is 1. The third-order valence-corrected chi connectivity index (χ3v) is 4.82. The van der Waals surface area contributed by atoms with E-state index < -0.39 is 0 Å². The van der Waals surface area contributed by atoms with Crippen LogP contribution in [0.25, 0.3) is 10.2 Å². The number of carbonyl (C=O) groups excluding carboxylic acids is 1. The van der Waals surface area contributed by atoms with E-state index in [0.29, 0.717) is 35.9 Å². The van der Waals surface area contributed by atoms with E-state index in [9.17, 15) is 4.79 Å². The second-order valence-electron chi connectivity index (χ2n) is 5.35. The van der Waals surface area contributed by atoms with Crippen LogP contribution in [0.1, 0.15) is 17.3 Å². The van der Waals surface area contributed by atoms with Crippen molar-refractivity contribution in [1.29, 1.82) is 0 Å². The fourth-order valence-corrected chi connectivity index (χ4v) is 3.58. The Morgan fingerprint density at radius 1 is 1.20 bits per heavy atom. The maximum Gasteiger partial charge on any atom is 0.279 e. The molecule has 2 aromatic carbocycles. The largest absolute Gasteiger partial charge is 0.497 e. The van der Waals surface area contributed by atoms with Crippen molar-refractivity contribution < 1.29 is 14.3 Å². The summed E-state index contributed by atoms with van der Waals surface area (Å²) in [4.78, 5) is 17.6. The number of methoxy groups -OCH3 is 1. The van der Waals surface area contributed by atoms with Gasteiger partial charge in [-0.3, -0.25) is 4.79 Å². The number of nitrogens with zero attached hydrogens (tertiary/aromatic N) is 2. The van der Waals surface area contributed by atoms with Crippen LogP contribution in [0.15, 0.2) is 53.5 Å². The smallest absolute Gasteiger partial charge is 0.279 e. The first-order chi connectivity index (χ1) is 12.2. The molecular formula is C19H20N2O3S. The van der Waals surface area contributed by atoms with Crippen LogP contribution in [0.4, 0.5) is 0 Å². The van der Waals surface area contributed by atoms with E-state index in [1.165, 1.54) is 11.3 Å². The molecule has 1 aromatic heterocycles. The van der Waals surface area contributed by atoms with Crippen LogP contribution in [0.5, 0.6) is 5.75 Å². The van der Waals surface area contributed by atoms with E-state index in [-0.39, 0.29) is 5.91 Å². The molecule has 0 fully saturated rings. The predicted molar refractivity (Wildman–Crippen MR) is 99.2 cm³/mol. The second kappa shape index (κ2) is 8.09. The van der Waals surface area contributed by atoms with Crippen molar-refractivity contribution in [2.24, 2.45) is 4.99 Å². The number of rotatable bonds is 6. The maximum absolute atomic E-state index is 12.6. The predicted octanol–water partition coefficient (Wildman–Crippen LogP) is 3.49. The normalized spacial score (nSPS) is 11.8. The van der Waals surface area contributed by atoms with Crippen LogP contribution in [-0.2, 0) is 11.3 Å². The highest BCUT2D eigenvalue weighted by molar-refractivity contribution is 7.16. The lowest BCUT2D eigenvalue weighted by Gasteiger charge is -2.05. The molecule has 3 rings (SSSR count). The van der Waals surface area contributed by atoms with Gasteiger partial charge in [-0.25, -0.2) is 0 Å². The van der Waals surface area contributed by atoms with Gasteiger partial charge in [0.15, 0.2) is 4.80 Å². The monoisotopic (exact) mass is 356 g/mol. The van der Waals surface area contributed by atoms with Gasteiger partial charge in [-0.15, -0.1) is 0 Å². The van der Waals surface area contributed by atoms with Crippen molar-refractivity contribution in [1.82, 2.24) is 4.57 Å². The molecule has 0 saturated heterocycles. The molecule has 3 aromatic rings. The topological polar surface area (TPSA) is 52.8 Å². The SMILES string of the molecule is CCOCCn1c(=NC(=O)c2cccc(OC)c2)sc2ccccc21. The number of thiazole rings is 1. The molecule has 0 atom stereocenters. The molecule has 1 amide bonds. The first-order valence-electron chi connectivity index (χ1n) is 8.12. The van der Waals surface area contributed by atoms with Crippen LogP contribution < -0.4 is 9.54 Å². The molecule has 25 heavy (non-hydrogen) atoms. The summed E-state index contributed by atoms with van der Waals surface area (Å²) >= 11 is 1.50.